The molecular formula is C9H12O6S. The van der Waals surface area contributed by atoms with Gasteiger partial charge in [-0.3, -0.25) is 4.55 Å². The van der Waals surface area contributed by atoms with Gasteiger partial charge in [0.2, 0.25) is 5.75 Å². The molecule has 0 spiro atoms. The van der Waals surface area contributed by atoms with Crippen LogP contribution in [0.25, 0.3) is 0 Å². The van der Waals surface area contributed by atoms with Crippen LogP contribution in [0.2, 0.25) is 0 Å². The van der Waals surface area contributed by atoms with Crippen LogP contribution in [0, 0.1) is 0 Å². The molecule has 1 N–H and O–H groups in total. The van der Waals surface area contributed by atoms with E-state index in [2.05, 4.69) is 0 Å². The van der Waals surface area contributed by atoms with Crippen LogP contribution >= 0.6 is 0 Å². The molecular weight excluding hydrogens is 236 g/mol. The van der Waals surface area contributed by atoms with Gasteiger partial charge in [0.1, 0.15) is 4.90 Å². The Morgan fingerprint density at radius 1 is 1.00 bits per heavy atom. The van der Waals surface area contributed by atoms with Crippen LogP contribution in [0.15, 0.2) is 17.0 Å². The van der Waals surface area contributed by atoms with Crippen molar-refractivity contribution in [2.75, 3.05) is 21.3 Å². The molecule has 0 aromatic heterocycles. The first-order chi connectivity index (χ1) is 7.45. The van der Waals surface area contributed by atoms with Gasteiger partial charge in [-0.2, -0.15) is 8.42 Å². The van der Waals surface area contributed by atoms with Crippen LogP contribution in [-0.2, 0) is 10.1 Å². The summed E-state index contributed by atoms with van der Waals surface area (Å²) < 4.78 is 45.9. The third-order valence-electron chi connectivity index (χ3n) is 1.95. The van der Waals surface area contributed by atoms with Gasteiger partial charge in [0, 0.05) is 0 Å². The summed E-state index contributed by atoms with van der Waals surface area (Å²) >= 11 is 0. The maximum absolute atomic E-state index is 11.1. The lowest BCUT2D eigenvalue weighted by molar-refractivity contribution is 0.317. The Morgan fingerprint density at radius 2 is 1.56 bits per heavy atom. The summed E-state index contributed by atoms with van der Waals surface area (Å²) in [6.45, 7) is 0. The lowest BCUT2D eigenvalue weighted by Gasteiger charge is -2.13. The highest BCUT2D eigenvalue weighted by Gasteiger charge is 2.23. The zero-order valence-corrected chi connectivity index (χ0v) is 9.87. The second-order valence-corrected chi connectivity index (χ2v) is 4.20. The highest BCUT2D eigenvalue weighted by Crippen LogP contribution is 2.41. The third-order valence-corrected chi connectivity index (χ3v) is 2.82. The molecule has 0 aliphatic carbocycles. The maximum atomic E-state index is 11.1. The van der Waals surface area contributed by atoms with Gasteiger partial charge >= 0.3 is 0 Å². The van der Waals surface area contributed by atoms with E-state index in [-0.39, 0.29) is 16.4 Å². The van der Waals surface area contributed by atoms with Crippen LogP contribution in [0.5, 0.6) is 17.2 Å². The van der Waals surface area contributed by atoms with E-state index in [1.54, 1.807) is 0 Å². The molecule has 0 heterocycles. The molecule has 0 saturated carbocycles. The van der Waals surface area contributed by atoms with Crippen LogP contribution in [0.3, 0.4) is 0 Å². The fourth-order valence-corrected chi connectivity index (χ4v) is 1.93. The summed E-state index contributed by atoms with van der Waals surface area (Å²) in [5.74, 6) is 0.330. The minimum atomic E-state index is -4.36. The average molecular weight is 248 g/mol. The molecule has 0 atom stereocenters. The zero-order valence-electron chi connectivity index (χ0n) is 9.05. The highest BCUT2D eigenvalue weighted by atomic mass is 32.2. The normalized spacial score (nSPS) is 11.0. The van der Waals surface area contributed by atoms with Gasteiger partial charge in [-0.1, -0.05) is 0 Å². The fourth-order valence-electron chi connectivity index (χ4n) is 1.28. The predicted molar refractivity (Wildman–Crippen MR) is 55.9 cm³/mol. The van der Waals surface area contributed by atoms with Crippen LogP contribution < -0.4 is 14.2 Å². The Morgan fingerprint density at radius 3 is 1.94 bits per heavy atom. The van der Waals surface area contributed by atoms with Gasteiger partial charge in [-0.05, 0) is 12.1 Å². The smallest absolute Gasteiger partial charge is 0.298 e. The summed E-state index contributed by atoms with van der Waals surface area (Å²) in [5.41, 5.74) is 0. The van der Waals surface area contributed by atoms with E-state index < -0.39 is 10.1 Å². The van der Waals surface area contributed by atoms with Gasteiger partial charge in [0.05, 0.1) is 21.3 Å². The molecule has 0 unspecified atom stereocenters. The van der Waals surface area contributed by atoms with Gasteiger partial charge in [0.15, 0.2) is 11.5 Å². The molecule has 0 aliphatic rings. The monoisotopic (exact) mass is 248 g/mol. The number of methoxy groups -OCH3 is 3. The SMILES string of the molecule is COc1ccc(S(=O)(=O)O)c(OC)c1OC. The van der Waals surface area contributed by atoms with E-state index in [1.807, 2.05) is 0 Å². The summed E-state index contributed by atoms with van der Waals surface area (Å²) in [4.78, 5) is -0.368. The minimum absolute atomic E-state index is 0.0932. The Labute approximate surface area is 93.5 Å². The standard InChI is InChI=1S/C9H12O6S/c1-13-6-4-5-7(16(10,11)12)9(15-3)8(6)14-2/h4-5H,1-3H3,(H,10,11,12). The fraction of sp³-hybridized carbons (Fsp3) is 0.333. The Bertz CT molecular complexity index is 479. The Balaban J connectivity index is 3.56. The Kier molecular flexibility index (Phi) is 3.61. The van der Waals surface area contributed by atoms with E-state index in [0.29, 0.717) is 5.75 Å². The van der Waals surface area contributed by atoms with Gasteiger partial charge in [-0.25, -0.2) is 0 Å². The first kappa shape index (κ1) is 12.6. The topological polar surface area (TPSA) is 82.1 Å². The molecule has 1 aromatic carbocycles. The van der Waals surface area contributed by atoms with Crippen molar-refractivity contribution in [3.8, 4) is 17.2 Å². The van der Waals surface area contributed by atoms with E-state index in [9.17, 15) is 8.42 Å². The maximum Gasteiger partial charge on any atom is 0.298 e. The predicted octanol–water partition coefficient (Wildman–Crippen LogP) is 0.959. The zero-order chi connectivity index (χ0) is 12.3. The molecule has 0 fully saturated rings. The first-order valence-electron chi connectivity index (χ1n) is 4.22. The van der Waals surface area contributed by atoms with E-state index in [4.69, 9.17) is 18.8 Å². The van der Waals surface area contributed by atoms with Crippen molar-refractivity contribution in [1.29, 1.82) is 0 Å². The van der Waals surface area contributed by atoms with Gasteiger partial charge < -0.3 is 14.2 Å². The molecule has 0 radical (unpaired) electrons. The van der Waals surface area contributed by atoms with Gasteiger partial charge in [-0.15, -0.1) is 0 Å². The second-order valence-electron chi connectivity index (χ2n) is 2.81. The number of hydrogen-bond donors (Lipinski definition) is 1. The third kappa shape index (κ3) is 2.20. The number of hydrogen-bond acceptors (Lipinski definition) is 5. The second kappa shape index (κ2) is 4.58. The molecule has 1 aromatic rings. The largest absolute Gasteiger partial charge is 0.493 e. The highest BCUT2D eigenvalue weighted by molar-refractivity contribution is 7.86. The van der Waals surface area contributed by atoms with E-state index in [1.165, 1.54) is 33.5 Å². The molecule has 7 heteroatoms. The molecule has 90 valence electrons. The summed E-state index contributed by atoms with van der Waals surface area (Å²) in [6.07, 6.45) is 0. The van der Waals surface area contributed by atoms with Crippen molar-refractivity contribution in [1.82, 2.24) is 0 Å². The van der Waals surface area contributed by atoms with Crippen molar-refractivity contribution in [2.45, 2.75) is 4.90 Å². The molecule has 1 rings (SSSR count). The molecule has 0 saturated heterocycles. The van der Waals surface area contributed by atoms with Crippen molar-refractivity contribution < 1.29 is 27.2 Å². The Hall–Kier alpha value is -1.47. The first-order valence-corrected chi connectivity index (χ1v) is 5.66. The van der Waals surface area contributed by atoms with E-state index >= 15 is 0 Å². The molecule has 16 heavy (non-hydrogen) atoms. The van der Waals surface area contributed by atoms with Gasteiger partial charge in [0.25, 0.3) is 10.1 Å². The number of ether oxygens (including phenoxy) is 3. The van der Waals surface area contributed by atoms with Crippen molar-refractivity contribution in [2.24, 2.45) is 0 Å². The summed E-state index contributed by atoms with van der Waals surface area (Å²) in [6, 6.07) is 2.54. The lowest BCUT2D eigenvalue weighted by atomic mass is 10.3. The van der Waals surface area contributed by atoms with Crippen LogP contribution in [0.4, 0.5) is 0 Å². The number of rotatable bonds is 4. The molecule has 6 nitrogen and oxygen atoms in total. The summed E-state index contributed by atoms with van der Waals surface area (Å²) in [5, 5.41) is 0. The molecule has 0 aliphatic heterocycles. The van der Waals surface area contributed by atoms with Crippen LogP contribution in [-0.4, -0.2) is 34.3 Å². The summed E-state index contributed by atoms with van der Waals surface area (Å²) in [7, 11) is -0.345. The van der Waals surface area contributed by atoms with E-state index in [0.717, 1.165) is 0 Å². The average Bonchev–Trinajstić information content (AvgIpc) is 2.25. The lowest BCUT2D eigenvalue weighted by Crippen LogP contribution is -2.04. The minimum Gasteiger partial charge on any atom is -0.493 e. The number of benzene rings is 1. The van der Waals surface area contributed by atoms with Crippen molar-refractivity contribution in [3.05, 3.63) is 12.1 Å². The van der Waals surface area contributed by atoms with Crippen molar-refractivity contribution in [3.63, 3.8) is 0 Å². The molecule has 0 amide bonds. The van der Waals surface area contributed by atoms with Crippen LogP contribution in [0.1, 0.15) is 0 Å². The quantitative estimate of drug-likeness (QED) is 0.799. The molecule has 0 bridgehead atoms. The van der Waals surface area contributed by atoms with Crippen molar-refractivity contribution >= 4 is 10.1 Å².